The van der Waals surface area contributed by atoms with E-state index in [1.807, 2.05) is 6.07 Å². The lowest BCUT2D eigenvalue weighted by Gasteiger charge is -2.29. The van der Waals surface area contributed by atoms with E-state index in [0.717, 1.165) is 28.7 Å². The number of pyridine rings is 1. The Morgan fingerprint density at radius 2 is 2.16 bits per heavy atom. The van der Waals surface area contributed by atoms with Crippen molar-refractivity contribution in [1.82, 2.24) is 24.9 Å². The minimum absolute atomic E-state index is 0.00417. The van der Waals surface area contributed by atoms with Crippen molar-refractivity contribution in [2.45, 2.75) is 50.7 Å². The van der Waals surface area contributed by atoms with Gasteiger partial charge in [0, 0.05) is 28.2 Å². The van der Waals surface area contributed by atoms with Crippen molar-refractivity contribution in [3.05, 3.63) is 41.2 Å². The normalized spacial score (nSPS) is 20.2. The summed E-state index contributed by atoms with van der Waals surface area (Å²) < 4.78 is 33.2. The molecule has 5 heterocycles. The summed E-state index contributed by atoms with van der Waals surface area (Å²) in [6, 6.07) is 5.75. The summed E-state index contributed by atoms with van der Waals surface area (Å²) in [4.78, 5) is 10.3. The number of alkyl halides is 2. The van der Waals surface area contributed by atoms with Gasteiger partial charge >= 0.3 is 6.61 Å². The van der Waals surface area contributed by atoms with Crippen LogP contribution in [0.2, 0.25) is 0 Å². The van der Waals surface area contributed by atoms with Crippen LogP contribution in [0.3, 0.4) is 0 Å². The van der Waals surface area contributed by atoms with Gasteiger partial charge in [-0.15, -0.1) is 11.3 Å². The van der Waals surface area contributed by atoms with E-state index in [2.05, 4.69) is 26.4 Å². The Bertz CT molecular complexity index is 1300. The Balaban J connectivity index is 1.38. The van der Waals surface area contributed by atoms with E-state index in [4.69, 9.17) is 4.74 Å². The molecule has 9 heteroatoms. The second kappa shape index (κ2) is 6.93. The number of nitrogens with zero attached hydrogens (tertiary/aromatic N) is 4. The lowest BCUT2D eigenvalue weighted by Crippen LogP contribution is -2.39. The maximum absolute atomic E-state index is 12.9. The largest absolute Gasteiger partial charge is 0.431 e. The number of aryl methyl sites for hydroxylation is 1. The van der Waals surface area contributed by atoms with Crippen LogP contribution < -0.4 is 10.1 Å². The molecule has 1 aliphatic heterocycles. The number of nitrogens with one attached hydrogen (secondary N) is 1. The minimum Gasteiger partial charge on any atom is -0.431 e. The number of aromatic nitrogens is 4. The number of piperidine rings is 1. The van der Waals surface area contributed by atoms with Gasteiger partial charge in [-0.3, -0.25) is 4.98 Å². The second-order valence-electron chi connectivity index (χ2n) is 8.58. The number of rotatable bonds is 4. The van der Waals surface area contributed by atoms with Gasteiger partial charge in [0.2, 0.25) is 0 Å². The van der Waals surface area contributed by atoms with Gasteiger partial charge in [-0.1, -0.05) is 0 Å². The average molecular weight is 442 g/mol. The number of fused-ring (bicyclic) bond motifs is 2. The molecule has 31 heavy (non-hydrogen) atoms. The maximum atomic E-state index is 12.9. The number of thiophene rings is 1. The molecule has 1 saturated carbocycles. The molecular formula is C22H21F2N5OS. The predicted molar refractivity (Wildman–Crippen MR) is 115 cm³/mol. The Kier molecular flexibility index (Phi) is 4.26. The molecule has 0 bridgehead atoms. The molecule has 1 aliphatic carbocycles. The van der Waals surface area contributed by atoms with E-state index in [9.17, 15) is 8.78 Å². The van der Waals surface area contributed by atoms with Crippen LogP contribution >= 0.6 is 11.3 Å². The van der Waals surface area contributed by atoms with Gasteiger partial charge in [0.05, 0.1) is 27.8 Å². The molecule has 6 rings (SSSR count). The lowest BCUT2D eigenvalue weighted by molar-refractivity contribution is -0.0491. The molecule has 2 fully saturated rings. The van der Waals surface area contributed by atoms with E-state index in [1.54, 1.807) is 30.7 Å². The maximum Gasteiger partial charge on any atom is 0.387 e. The highest BCUT2D eigenvalue weighted by Crippen LogP contribution is 2.48. The van der Waals surface area contributed by atoms with Gasteiger partial charge in [0.1, 0.15) is 0 Å². The van der Waals surface area contributed by atoms with Crippen molar-refractivity contribution in [1.29, 1.82) is 0 Å². The van der Waals surface area contributed by atoms with E-state index in [0.29, 0.717) is 22.8 Å². The third-order valence-electron chi connectivity index (χ3n) is 6.30. The summed E-state index contributed by atoms with van der Waals surface area (Å²) in [5, 5.41) is 8.23. The first kappa shape index (κ1) is 19.1. The van der Waals surface area contributed by atoms with Gasteiger partial charge in [0.15, 0.2) is 11.4 Å². The summed E-state index contributed by atoms with van der Waals surface area (Å²) in [5.41, 5.74) is 3.57. The Labute approximate surface area is 181 Å². The first-order valence-electron chi connectivity index (χ1n) is 10.4. The number of imidazole rings is 1. The third kappa shape index (κ3) is 3.45. The summed E-state index contributed by atoms with van der Waals surface area (Å²) in [6.07, 6.45) is 8.33. The number of ether oxygens (including phenoxy) is 1. The van der Waals surface area contributed by atoms with Crippen LogP contribution in [0.5, 0.6) is 5.75 Å². The standard InChI is InChI=1S/C22H21F2N5OS/c1-12-11-29-20(27-12)17(30-21(23)24)7-15(28-29)14-6-19-16(25-10-14)8-18(31-19)13-2-5-26-22(9-13)3-4-22/h6-8,10-11,13,21,26H,2-5,9H2,1H3/t13-/m1/s1. The van der Waals surface area contributed by atoms with Crippen molar-refractivity contribution in [3.8, 4) is 17.0 Å². The molecule has 0 aromatic carbocycles. The van der Waals surface area contributed by atoms with Crippen LogP contribution in [0.1, 0.15) is 42.2 Å². The fourth-order valence-electron chi connectivity index (χ4n) is 4.60. The summed E-state index contributed by atoms with van der Waals surface area (Å²) >= 11 is 1.78. The van der Waals surface area contributed by atoms with Crippen molar-refractivity contribution in [3.63, 3.8) is 0 Å². The topological polar surface area (TPSA) is 64.3 Å². The molecule has 4 aromatic heterocycles. The van der Waals surface area contributed by atoms with Crippen molar-refractivity contribution >= 4 is 27.2 Å². The molecule has 1 saturated heterocycles. The molecule has 2 aliphatic rings. The van der Waals surface area contributed by atoms with Gasteiger partial charge < -0.3 is 10.1 Å². The van der Waals surface area contributed by atoms with Crippen LogP contribution in [-0.4, -0.2) is 38.3 Å². The summed E-state index contributed by atoms with van der Waals surface area (Å²) in [5.74, 6) is 0.574. The van der Waals surface area contributed by atoms with E-state index in [1.165, 1.54) is 34.7 Å². The Morgan fingerprint density at radius 3 is 2.97 bits per heavy atom. The Hall–Kier alpha value is -2.65. The fourth-order valence-corrected chi connectivity index (χ4v) is 5.79. The molecule has 0 radical (unpaired) electrons. The molecule has 1 spiro atoms. The van der Waals surface area contributed by atoms with Gasteiger partial charge in [-0.05, 0) is 57.2 Å². The van der Waals surface area contributed by atoms with Crippen LogP contribution in [-0.2, 0) is 0 Å². The van der Waals surface area contributed by atoms with Crippen LogP contribution in [0.15, 0.2) is 30.6 Å². The lowest BCUT2D eigenvalue weighted by atomic mass is 9.89. The zero-order valence-electron chi connectivity index (χ0n) is 16.9. The van der Waals surface area contributed by atoms with Crippen molar-refractivity contribution in [2.24, 2.45) is 0 Å². The van der Waals surface area contributed by atoms with E-state index < -0.39 is 6.61 Å². The zero-order valence-corrected chi connectivity index (χ0v) is 17.8. The molecular weight excluding hydrogens is 420 g/mol. The fraction of sp³-hybridized carbons (Fsp3) is 0.409. The molecule has 0 unspecified atom stereocenters. The minimum atomic E-state index is -2.93. The number of hydrogen-bond donors (Lipinski definition) is 1. The molecule has 6 nitrogen and oxygen atoms in total. The van der Waals surface area contributed by atoms with Gasteiger partial charge in [0.25, 0.3) is 0 Å². The first-order chi connectivity index (χ1) is 15.0. The molecule has 4 aromatic rings. The molecule has 1 N–H and O–H groups in total. The van der Waals surface area contributed by atoms with Crippen LogP contribution in [0.25, 0.3) is 27.1 Å². The first-order valence-corrected chi connectivity index (χ1v) is 11.3. The van der Waals surface area contributed by atoms with Crippen molar-refractivity contribution in [2.75, 3.05) is 6.54 Å². The predicted octanol–water partition coefficient (Wildman–Crippen LogP) is 4.92. The van der Waals surface area contributed by atoms with Crippen LogP contribution in [0.4, 0.5) is 8.78 Å². The van der Waals surface area contributed by atoms with E-state index >= 15 is 0 Å². The number of hydrogen-bond acceptors (Lipinski definition) is 6. The highest BCUT2D eigenvalue weighted by molar-refractivity contribution is 7.19. The Morgan fingerprint density at radius 1 is 1.29 bits per heavy atom. The van der Waals surface area contributed by atoms with Crippen molar-refractivity contribution < 1.29 is 13.5 Å². The second-order valence-corrected chi connectivity index (χ2v) is 9.69. The molecule has 160 valence electrons. The summed E-state index contributed by atoms with van der Waals surface area (Å²) in [7, 11) is 0. The third-order valence-corrected chi connectivity index (χ3v) is 7.53. The van der Waals surface area contributed by atoms with Crippen LogP contribution in [0, 0.1) is 6.92 Å². The monoisotopic (exact) mass is 441 g/mol. The van der Waals surface area contributed by atoms with Gasteiger partial charge in [-0.2, -0.15) is 13.9 Å². The quantitative estimate of drug-likeness (QED) is 0.487. The summed E-state index contributed by atoms with van der Waals surface area (Å²) in [6.45, 7) is -0.0802. The molecule has 0 amide bonds. The van der Waals surface area contributed by atoms with E-state index in [-0.39, 0.29) is 11.4 Å². The molecule has 1 atom stereocenters. The highest BCUT2D eigenvalue weighted by atomic mass is 32.1. The SMILES string of the molecule is Cc1cn2nc(-c3cnc4cc([C@@H]5CCNC6(CC6)C5)sc4c3)cc(OC(F)F)c2n1. The smallest absolute Gasteiger partial charge is 0.387 e. The highest BCUT2D eigenvalue weighted by Gasteiger charge is 2.46. The zero-order chi connectivity index (χ0) is 21.2. The number of halogens is 2. The van der Waals surface area contributed by atoms with Gasteiger partial charge in [-0.25, -0.2) is 9.50 Å². The average Bonchev–Trinajstić information content (AvgIpc) is 3.17.